The van der Waals surface area contributed by atoms with E-state index in [1.165, 1.54) is 65.0 Å². The minimum absolute atomic E-state index is 0. The molecule has 4 nitrogen and oxygen atoms in total. The fourth-order valence-electron chi connectivity index (χ4n) is 5.94. The molecule has 2 heterocycles. The quantitative estimate of drug-likeness (QED) is 0.161. The Kier molecular flexibility index (Phi) is 8.49. The first-order valence-electron chi connectivity index (χ1n) is 13.3. The second-order valence-corrected chi connectivity index (χ2v) is 11.0. The van der Waals surface area contributed by atoms with Crippen molar-refractivity contribution in [2.75, 3.05) is 0 Å². The number of nitrogens with zero attached hydrogens (tertiary/aromatic N) is 3. The first kappa shape index (κ1) is 28.1. The molecule has 0 unspecified atom stereocenters. The molecule has 0 bridgehead atoms. The summed E-state index contributed by atoms with van der Waals surface area (Å²) < 4.78 is 0. The first-order chi connectivity index (χ1) is 17.8. The van der Waals surface area contributed by atoms with Crippen molar-refractivity contribution in [1.82, 2.24) is 9.97 Å². The predicted octanol–water partition coefficient (Wildman–Crippen LogP) is 8.38. The maximum Gasteiger partial charge on any atom is 0.151 e. The number of benzene rings is 2. The van der Waals surface area contributed by atoms with E-state index in [1.807, 2.05) is 31.6 Å². The maximum atomic E-state index is 10.8. The van der Waals surface area contributed by atoms with Crippen molar-refractivity contribution >= 4 is 27.3 Å². The number of aromatic nitrogens is 2. The zero-order valence-electron chi connectivity index (χ0n) is 22.9. The fraction of sp³-hybridized carbons (Fsp3) is 0.364. The smallest absolute Gasteiger partial charge is 0.151 e. The van der Waals surface area contributed by atoms with Crippen LogP contribution in [0.25, 0.3) is 38.1 Å². The van der Waals surface area contributed by atoms with E-state index in [4.69, 9.17) is 4.98 Å². The van der Waals surface area contributed by atoms with Crippen LogP contribution >= 0.6 is 0 Å². The van der Waals surface area contributed by atoms with Gasteiger partial charge < -0.3 is 10.3 Å². The Balaban J connectivity index is 0.000000207. The van der Waals surface area contributed by atoms with Gasteiger partial charge in [0.05, 0.1) is 0 Å². The number of fused-ring (bicyclic) bond motifs is 4. The van der Waals surface area contributed by atoms with E-state index in [9.17, 15) is 4.79 Å². The van der Waals surface area contributed by atoms with Crippen LogP contribution in [-0.2, 0) is 30.3 Å². The molecule has 1 fully saturated rings. The zero-order valence-corrected chi connectivity index (χ0v) is 25.3. The van der Waals surface area contributed by atoms with Crippen LogP contribution in [0.3, 0.4) is 0 Å². The van der Waals surface area contributed by atoms with Gasteiger partial charge in [-0.1, -0.05) is 93.0 Å². The summed E-state index contributed by atoms with van der Waals surface area (Å²) in [6.07, 6.45) is 13.9. The second-order valence-electron chi connectivity index (χ2n) is 11.0. The molecule has 1 saturated carbocycles. The van der Waals surface area contributed by atoms with E-state index in [1.54, 1.807) is 13.0 Å². The molecule has 6 rings (SSSR count). The Hall–Kier alpha value is -2.88. The van der Waals surface area contributed by atoms with Crippen LogP contribution < -0.4 is 0 Å². The molecule has 2 aliphatic rings. The summed E-state index contributed by atoms with van der Waals surface area (Å²) in [5.74, 6) is 0.0945. The van der Waals surface area contributed by atoms with E-state index in [-0.39, 0.29) is 31.3 Å². The van der Waals surface area contributed by atoms with Crippen LogP contribution in [0.4, 0.5) is 0 Å². The summed E-state index contributed by atoms with van der Waals surface area (Å²) in [5, 5.41) is 9.38. The number of ketones is 1. The Morgan fingerprint density at radius 1 is 1.05 bits per heavy atom. The van der Waals surface area contributed by atoms with E-state index in [0.717, 1.165) is 22.3 Å². The number of allylic oxidation sites excluding steroid dienone is 2. The molecule has 2 aromatic heterocycles. The van der Waals surface area contributed by atoms with Crippen LogP contribution in [-0.4, -0.2) is 21.8 Å². The van der Waals surface area contributed by atoms with Gasteiger partial charge in [-0.3, -0.25) is 9.78 Å². The molecule has 38 heavy (non-hydrogen) atoms. The van der Waals surface area contributed by atoms with Gasteiger partial charge in [-0.2, -0.15) is 5.70 Å². The largest absolute Gasteiger partial charge is 0.685 e. The topological polar surface area (TPSA) is 57.0 Å². The van der Waals surface area contributed by atoms with Gasteiger partial charge in [0.25, 0.3) is 0 Å². The molecule has 0 amide bonds. The summed E-state index contributed by atoms with van der Waals surface area (Å²) in [5.41, 5.74) is 6.71. The van der Waals surface area contributed by atoms with Crippen molar-refractivity contribution in [3.8, 4) is 11.3 Å². The Morgan fingerprint density at radius 3 is 2.55 bits per heavy atom. The normalized spacial score (nSPS) is 16.2. The third-order valence-corrected chi connectivity index (χ3v) is 7.67. The van der Waals surface area contributed by atoms with Crippen molar-refractivity contribution in [2.45, 2.75) is 78.2 Å². The van der Waals surface area contributed by atoms with Crippen LogP contribution in [0, 0.1) is 13.0 Å². The summed E-state index contributed by atoms with van der Waals surface area (Å²) in [6, 6.07) is 14.6. The molecular formula is C33H35IrN3O-2. The monoisotopic (exact) mass is 682 g/mol. The molecule has 0 atom stereocenters. The molecule has 1 radical (unpaired) electrons. The number of carbonyl (C=O) groups excluding carboxylic acids is 1. The average Bonchev–Trinajstić information content (AvgIpc) is 2.87. The maximum absolute atomic E-state index is 10.8. The van der Waals surface area contributed by atoms with E-state index < -0.39 is 0 Å². The van der Waals surface area contributed by atoms with Gasteiger partial charge in [-0.05, 0) is 42.0 Å². The van der Waals surface area contributed by atoms with Crippen molar-refractivity contribution < 1.29 is 24.9 Å². The molecule has 0 aliphatic heterocycles. The molecule has 0 N–H and O–H groups in total. The van der Waals surface area contributed by atoms with E-state index >= 15 is 0 Å². The molecule has 0 spiro atoms. The fourth-order valence-corrected chi connectivity index (χ4v) is 5.94. The predicted molar refractivity (Wildman–Crippen MR) is 153 cm³/mol. The third kappa shape index (κ3) is 5.46. The minimum atomic E-state index is -0.148. The van der Waals surface area contributed by atoms with Crippen LogP contribution in [0.15, 0.2) is 60.7 Å². The Bertz CT molecular complexity index is 1510. The van der Waals surface area contributed by atoms with Crippen molar-refractivity contribution in [2.24, 2.45) is 0 Å². The number of hydrogen-bond acceptors (Lipinski definition) is 3. The average molecular weight is 682 g/mol. The zero-order chi connectivity index (χ0) is 26.2. The second kappa shape index (κ2) is 11.5. The summed E-state index contributed by atoms with van der Waals surface area (Å²) in [7, 11) is 0. The van der Waals surface area contributed by atoms with Crippen LogP contribution in [0.5, 0.6) is 0 Å². The van der Waals surface area contributed by atoms with Crippen LogP contribution in [0.2, 0.25) is 0 Å². The van der Waals surface area contributed by atoms with Gasteiger partial charge in [0.15, 0.2) is 5.78 Å². The van der Waals surface area contributed by atoms with Crippen LogP contribution in [0.1, 0.15) is 76.5 Å². The third-order valence-electron chi connectivity index (χ3n) is 7.67. The number of hydrogen-bond donors (Lipinski definition) is 0. The Morgan fingerprint density at radius 2 is 1.82 bits per heavy atom. The number of carbonyl (C=O) groups is 1. The number of rotatable bonds is 3. The molecule has 4 aromatic rings. The first-order valence-corrected chi connectivity index (χ1v) is 13.3. The van der Waals surface area contributed by atoms with Gasteiger partial charge in [0, 0.05) is 44.1 Å². The molecule has 5 heteroatoms. The molecule has 2 aromatic carbocycles. The molecular weight excluding hydrogens is 647 g/mol. The number of aryl methyl sites for hydroxylation is 1. The molecule has 199 valence electrons. The van der Waals surface area contributed by atoms with Gasteiger partial charge in [0.2, 0.25) is 0 Å². The van der Waals surface area contributed by atoms with Gasteiger partial charge in [-0.15, -0.1) is 29.8 Å². The molecule has 2 aliphatic carbocycles. The van der Waals surface area contributed by atoms with Gasteiger partial charge in [-0.25, -0.2) is 0 Å². The molecule has 0 saturated heterocycles. The summed E-state index contributed by atoms with van der Waals surface area (Å²) in [4.78, 5) is 20.1. The summed E-state index contributed by atoms with van der Waals surface area (Å²) in [6.45, 7) is 10.2. The van der Waals surface area contributed by atoms with Crippen molar-refractivity contribution in [1.29, 1.82) is 0 Å². The van der Waals surface area contributed by atoms with E-state index in [0.29, 0.717) is 6.04 Å². The standard InChI is InChI=1S/C22H17N2.C11H19NO.Ir/c1-13-7-8-14-11-24-21-16-6-4-5-15-10-23-12-18(19(15)16)22(2,3)20(21)17(14)9-13;1-9(8-10(2)13)12-11-6-4-3-5-7-11;/h4-5,7-12H,1-3H3;8,11H,3-7H2,1-2H3,(H,12,13);/q-1;;/p-1. The summed E-state index contributed by atoms with van der Waals surface area (Å²) >= 11 is 0. The minimum Gasteiger partial charge on any atom is -0.685 e. The Labute approximate surface area is 239 Å². The van der Waals surface area contributed by atoms with E-state index in [2.05, 4.69) is 61.4 Å². The SMILES string of the molecule is CC(=O)/C=C(/C)[N-]C1CCCCC1.Cc1ccc2cnc3c(c2c1)C(C)(C)c1cncc2cc[c-]c-3c12.[Ir]. The van der Waals surface area contributed by atoms with Crippen molar-refractivity contribution in [3.05, 3.63) is 88.8 Å². The number of pyridine rings is 2. The van der Waals surface area contributed by atoms with Crippen molar-refractivity contribution in [3.63, 3.8) is 0 Å². The van der Waals surface area contributed by atoms with Gasteiger partial charge >= 0.3 is 0 Å². The van der Waals surface area contributed by atoms with Gasteiger partial charge in [0.1, 0.15) is 0 Å².